The topological polar surface area (TPSA) is 38.8 Å². The van der Waals surface area contributed by atoms with E-state index in [2.05, 4.69) is 0 Å². The molecule has 4 nitrogen and oxygen atoms in total. The highest BCUT2D eigenvalue weighted by Crippen LogP contribution is 2.38. The van der Waals surface area contributed by atoms with Crippen LogP contribution in [0.1, 0.15) is 43.2 Å². The van der Waals surface area contributed by atoms with Crippen LogP contribution < -0.4 is 9.47 Å². The standard InChI is InChI=1S/C24H23Cl2NO3S2/c1-29-21-12-15(10-11-20(21)30-14-17-18(25)8-5-9-19(17)26)13-22-23(28)27(24(31)32-22)16-6-3-2-4-7-16/h5,8-13,16H,2-4,6-7,14H2,1H3/b22-13+. The highest BCUT2D eigenvalue weighted by molar-refractivity contribution is 8.26. The molecule has 0 aromatic heterocycles. The average Bonchev–Trinajstić information content (AvgIpc) is 3.07. The highest BCUT2D eigenvalue weighted by atomic mass is 35.5. The maximum atomic E-state index is 13.0. The van der Waals surface area contributed by atoms with Gasteiger partial charge in [0.25, 0.3) is 5.91 Å². The van der Waals surface area contributed by atoms with E-state index in [0.29, 0.717) is 36.3 Å². The second-order valence-corrected chi connectivity index (χ2v) is 10.2. The molecule has 0 atom stereocenters. The van der Waals surface area contributed by atoms with Crippen LogP contribution in [0.4, 0.5) is 0 Å². The number of nitrogens with zero attached hydrogens (tertiary/aromatic N) is 1. The van der Waals surface area contributed by atoms with Crippen molar-refractivity contribution in [1.29, 1.82) is 0 Å². The van der Waals surface area contributed by atoms with Crippen molar-refractivity contribution in [3.63, 3.8) is 0 Å². The monoisotopic (exact) mass is 507 g/mol. The summed E-state index contributed by atoms with van der Waals surface area (Å²) in [6, 6.07) is 11.1. The molecule has 2 fully saturated rings. The number of hydrogen-bond donors (Lipinski definition) is 0. The molecule has 0 radical (unpaired) electrons. The highest BCUT2D eigenvalue weighted by Gasteiger charge is 2.37. The Morgan fingerprint density at radius 1 is 1.12 bits per heavy atom. The molecule has 1 amide bonds. The van der Waals surface area contributed by atoms with Crippen LogP contribution in [0.15, 0.2) is 41.3 Å². The summed E-state index contributed by atoms with van der Waals surface area (Å²) in [5, 5.41) is 1.10. The molecule has 2 aromatic rings. The van der Waals surface area contributed by atoms with E-state index in [1.54, 1.807) is 25.3 Å². The lowest BCUT2D eigenvalue weighted by atomic mass is 9.94. The molecule has 0 N–H and O–H groups in total. The van der Waals surface area contributed by atoms with Crippen LogP contribution in [0.5, 0.6) is 11.5 Å². The lowest BCUT2D eigenvalue weighted by Crippen LogP contribution is -2.39. The number of amides is 1. The van der Waals surface area contributed by atoms with Crippen molar-refractivity contribution >= 4 is 63.5 Å². The third-order valence-corrected chi connectivity index (χ3v) is 7.72. The number of rotatable bonds is 6. The summed E-state index contributed by atoms with van der Waals surface area (Å²) in [7, 11) is 1.58. The van der Waals surface area contributed by atoms with E-state index in [0.717, 1.165) is 31.2 Å². The Bertz CT molecular complexity index is 1050. The molecule has 1 aliphatic heterocycles. The van der Waals surface area contributed by atoms with Gasteiger partial charge < -0.3 is 9.47 Å². The quantitative estimate of drug-likeness (QED) is 0.307. The fraction of sp³-hybridized carbons (Fsp3) is 0.333. The molecule has 32 heavy (non-hydrogen) atoms. The summed E-state index contributed by atoms with van der Waals surface area (Å²) in [5.74, 6) is 1.12. The van der Waals surface area contributed by atoms with E-state index in [-0.39, 0.29) is 18.6 Å². The fourth-order valence-electron chi connectivity index (χ4n) is 4.00. The van der Waals surface area contributed by atoms with Crippen molar-refractivity contribution < 1.29 is 14.3 Å². The van der Waals surface area contributed by atoms with Crippen LogP contribution in [-0.4, -0.2) is 28.3 Å². The molecule has 1 heterocycles. The van der Waals surface area contributed by atoms with Crippen LogP contribution in [-0.2, 0) is 11.4 Å². The summed E-state index contributed by atoms with van der Waals surface area (Å²) in [5.41, 5.74) is 1.56. The maximum Gasteiger partial charge on any atom is 0.266 e. The van der Waals surface area contributed by atoms with Gasteiger partial charge in [-0.1, -0.05) is 78.6 Å². The van der Waals surface area contributed by atoms with Gasteiger partial charge in [-0.25, -0.2) is 0 Å². The number of hydrogen-bond acceptors (Lipinski definition) is 5. The Balaban J connectivity index is 1.50. The van der Waals surface area contributed by atoms with Gasteiger partial charge in [-0.15, -0.1) is 0 Å². The summed E-state index contributed by atoms with van der Waals surface area (Å²) in [4.78, 5) is 15.5. The van der Waals surface area contributed by atoms with Gasteiger partial charge in [-0.2, -0.15) is 0 Å². The van der Waals surface area contributed by atoms with E-state index in [1.165, 1.54) is 18.2 Å². The van der Waals surface area contributed by atoms with Crippen molar-refractivity contribution in [3.8, 4) is 11.5 Å². The first-order valence-corrected chi connectivity index (χ1v) is 12.5. The Hall–Kier alpha value is -1.73. The number of ether oxygens (including phenoxy) is 2. The van der Waals surface area contributed by atoms with Crippen molar-refractivity contribution in [1.82, 2.24) is 4.90 Å². The molecular formula is C24H23Cl2NO3S2. The number of thioether (sulfide) groups is 1. The zero-order chi connectivity index (χ0) is 22.7. The van der Waals surface area contributed by atoms with Gasteiger partial charge in [0.2, 0.25) is 0 Å². The zero-order valence-corrected chi connectivity index (χ0v) is 20.8. The first-order valence-electron chi connectivity index (χ1n) is 10.5. The minimum absolute atomic E-state index is 0.000412. The zero-order valence-electron chi connectivity index (χ0n) is 17.6. The lowest BCUT2D eigenvalue weighted by molar-refractivity contribution is -0.124. The van der Waals surface area contributed by atoms with Gasteiger partial charge in [-0.3, -0.25) is 9.69 Å². The van der Waals surface area contributed by atoms with Gasteiger partial charge >= 0.3 is 0 Å². The third-order valence-electron chi connectivity index (χ3n) is 5.68. The number of thiocarbonyl (C=S) groups is 1. The van der Waals surface area contributed by atoms with Crippen molar-refractivity contribution in [3.05, 3.63) is 62.5 Å². The van der Waals surface area contributed by atoms with E-state index in [9.17, 15) is 4.79 Å². The van der Waals surface area contributed by atoms with Crippen LogP contribution in [0, 0.1) is 0 Å². The van der Waals surface area contributed by atoms with Gasteiger partial charge in [0.15, 0.2) is 11.5 Å². The predicted molar refractivity (Wildman–Crippen MR) is 136 cm³/mol. The van der Waals surface area contributed by atoms with Crippen LogP contribution in [0.25, 0.3) is 6.08 Å². The van der Waals surface area contributed by atoms with Gasteiger partial charge in [0.05, 0.1) is 12.0 Å². The number of benzene rings is 2. The third kappa shape index (κ3) is 5.09. The number of methoxy groups -OCH3 is 1. The summed E-state index contributed by atoms with van der Waals surface area (Å²) in [6.07, 6.45) is 7.44. The predicted octanol–water partition coefficient (Wildman–Crippen LogP) is 7.11. The van der Waals surface area contributed by atoms with E-state index in [1.807, 2.05) is 29.2 Å². The fourth-order valence-corrected chi connectivity index (χ4v) is 5.91. The average molecular weight is 508 g/mol. The Morgan fingerprint density at radius 3 is 2.53 bits per heavy atom. The molecule has 168 valence electrons. The molecule has 0 spiro atoms. The SMILES string of the molecule is COc1cc(/C=C2/SC(=S)N(C3CCCCC3)C2=O)ccc1OCc1c(Cl)cccc1Cl. The molecule has 1 saturated carbocycles. The van der Waals surface area contributed by atoms with Crippen LogP contribution in [0.3, 0.4) is 0 Å². The van der Waals surface area contributed by atoms with E-state index in [4.69, 9.17) is 44.9 Å². The Kier molecular flexibility index (Phi) is 7.66. The van der Waals surface area contributed by atoms with Crippen molar-refractivity contribution in [2.45, 2.75) is 44.8 Å². The first kappa shape index (κ1) is 23.4. The smallest absolute Gasteiger partial charge is 0.266 e. The maximum absolute atomic E-state index is 13.0. The largest absolute Gasteiger partial charge is 0.493 e. The van der Waals surface area contributed by atoms with Crippen LogP contribution >= 0.6 is 47.2 Å². The molecule has 0 unspecified atom stereocenters. The Morgan fingerprint density at radius 2 is 1.84 bits per heavy atom. The molecule has 4 rings (SSSR count). The van der Waals surface area contributed by atoms with Gasteiger partial charge in [0.1, 0.15) is 10.9 Å². The molecule has 1 saturated heterocycles. The van der Waals surface area contributed by atoms with Crippen molar-refractivity contribution in [2.75, 3.05) is 7.11 Å². The normalized spacial score (nSPS) is 18.5. The minimum atomic E-state index is -0.000412. The molecular weight excluding hydrogens is 485 g/mol. The van der Waals surface area contributed by atoms with E-state index >= 15 is 0 Å². The van der Waals surface area contributed by atoms with Crippen LogP contribution in [0.2, 0.25) is 10.0 Å². The van der Waals surface area contributed by atoms with Gasteiger partial charge in [-0.05, 0) is 48.7 Å². The Labute approximate surface area is 207 Å². The molecule has 8 heteroatoms. The number of carbonyl (C=O) groups excluding carboxylic acids is 1. The minimum Gasteiger partial charge on any atom is -0.493 e. The molecule has 2 aromatic carbocycles. The molecule has 1 aliphatic carbocycles. The molecule has 0 bridgehead atoms. The number of carbonyl (C=O) groups is 1. The van der Waals surface area contributed by atoms with Crippen molar-refractivity contribution in [2.24, 2.45) is 0 Å². The second kappa shape index (κ2) is 10.5. The molecule has 2 aliphatic rings. The first-order chi connectivity index (χ1) is 15.5. The second-order valence-electron chi connectivity index (χ2n) is 7.74. The summed E-state index contributed by atoms with van der Waals surface area (Å²) >= 11 is 19.4. The van der Waals surface area contributed by atoms with E-state index < -0.39 is 0 Å². The number of halogens is 2. The summed E-state index contributed by atoms with van der Waals surface area (Å²) < 4.78 is 12.1. The lowest BCUT2D eigenvalue weighted by Gasteiger charge is -2.29. The summed E-state index contributed by atoms with van der Waals surface area (Å²) in [6.45, 7) is 0.217. The van der Waals surface area contributed by atoms with Gasteiger partial charge in [0, 0.05) is 21.7 Å².